The first-order chi connectivity index (χ1) is 13.3. The van der Waals surface area contributed by atoms with E-state index in [0.717, 1.165) is 45.4 Å². The molecule has 154 valence electrons. The summed E-state index contributed by atoms with van der Waals surface area (Å²) < 4.78 is 6.09. The van der Waals surface area contributed by atoms with E-state index >= 15 is 0 Å². The van der Waals surface area contributed by atoms with Gasteiger partial charge in [0.1, 0.15) is 0 Å². The second-order valence-electron chi connectivity index (χ2n) is 8.54. The van der Waals surface area contributed by atoms with Crippen LogP contribution in [0.2, 0.25) is 0 Å². The maximum absolute atomic E-state index is 5.61. The van der Waals surface area contributed by atoms with Gasteiger partial charge in [0.05, 0.1) is 13.2 Å². The summed E-state index contributed by atoms with van der Waals surface area (Å²) in [4.78, 5) is 9.94. The third-order valence-electron chi connectivity index (χ3n) is 6.86. The Hall–Kier alpha value is -0.110. The van der Waals surface area contributed by atoms with E-state index in [-0.39, 0.29) is 5.54 Å². The van der Waals surface area contributed by atoms with Crippen LogP contribution in [0.4, 0.5) is 0 Å². The Morgan fingerprint density at radius 1 is 1.07 bits per heavy atom. The average molecular weight is 413 g/mol. The summed E-state index contributed by atoms with van der Waals surface area (Å²) in [6.45, 7) is 7.24. The van der Waals surface area contributed by atoms with Crippen molar-refractivity contribution in [3.05, 3.63) is 0 Å². The van der Waals surface area contributed by atoms with Gasteiger partial charge in [0, 0.05) is 61.6 Å². The molecule has 1 saturated carbocycles. The molecule has 1 unspecified atom stereocenters. The molecular weight excluding hydrogens is 376 g/mol. The Balaban J connectivity index is 1.39. The molecule has 0 radical (unpaired) electrons. The van der Waals surface area contributed by atoms with Crippen molar-refractivity contribution < 1.29 is 4.74 Å². The zero-order chi connectivity index (χ0) is 18.6. The summed E-state index contributed by atoms with van der Waals surface area (Å²) in [6, 6.07) is 0. The number of nitrogens with one attached hydrogen (secondary N) is 1. The van der Waals surface area contributed by atoms with Crippen LogP contribution in [0.25, 0.3) is 0 Å². The summed E-state index contributed by atoms with van der Waals surface area (Å²) in [5, 5.41) is 3.81. The molecule has 0 aromatic carbocycles. The third kappa shape index (κ3) is 4.57. The number of aliphatic imine (C=N–C) groups is 1. The Kier molecular flexibility index (Phi) is 6.83. The number of nitrogens with zero attached hydrogens (tertiary/aromatic N) is 3. The average Bonchev–Trinajstić information content (AvgIpc) is 3.20. The Labute approximate surface area is 173 Å². The van der Waals surface area contributed by atoms with Gasteiger partial charge >= 0.3 is 0 Å². The van der Waals surface area contributed by atoms with Gasteiger partial charge in [-0.2, -0.15) is 23.5 Å². The standard InChI is InChI=1S/C20H36N4OS2/c1-21-18(23-10-14-27-20(16-23)5-3-2-4-6-20)22-15-19(7-13-26-17-19)24-8-11-25-12-9-24/h2-17H2,1H3,(H,21,22). The zero-order valence-corrected chi connectivity index (χ0v) is 18.5. The van der Waals surface area contributed by atoms with Gasteiger partial charge in [0.2, 0.25) is 0 Å². The van der Waals surface area contributed by atoms with Crippen LogP contribution >= 0.6 is 23.5 Å². The zero-order valence-electron chi connectivity index (χ0n) is 16.9. The van der Waals surface area contributed by atoms with Crippen molar-refractivity contribution in [2.45, 2.75) is 48.8 Å². The van der Waals surface area contributed by atoms with Gasteiger partial charge in [-0.15, -0.1) is 0 Å². The third-order valence-corrected chi connectivity index (χ3v) is 9.64. The second-order valence-corrected chi connectivity index (χ2v) is 11.2. The topological polar surface area (TPSA) is 40.1 Å². The molecule has 0 bridgehead atoms. The Bertz CT molecular complexity index is 507. The van der Waals surface area contributed by atoms with Crippen molar-refractivity contribution in [2.24, 2.45) is 4.99 Å². The summed E-state index contributed by atoms with van der Waals surface area (Å²) in [6.07, 6.45) is 8.30. The maximum Gasteiger partial charge on any atom is 0.193 e. The van der Waals surface area contributed by atoms with E-state index in [2.05, 4.69) is 38.6 Å². The summed E-state index contributed by atoms with van der Waals surface area (Å²) in [7, 11) is 1.96. The van der Waals surface area contributed by atoms with Crippen molar-refractivity contribution in [2.75, 3.05) is 70.2 Å². The fraction of sp³-hybridized carbons (Fsp3) is 0.950. The first-order valence-corrected chi connectivity index (χ1v) is 12.9. The van der Waals surface area contributed by atoms with Gasteiger partial charge in [0.25, 0.3) is 0 Å². The van der Waals surface area contributed by atoms with Gasteiger partial charge in [-0.05, 0) is 25.0 Å². The lowest BCUT2D eigenvalue weighted by Crippen LogP contribution is -2.61. The molecule has 3 saturated heterocycles. The van der Waals surface area contributed by atoms with Crippen LogP contribution in [0, 0.1) is 0 Å². The molecule has 5 nitrogen and oxygen atoms in total. The molecule has 4 fully saturated rings. The Morgan fingerprint density at radius 2 is 1.89 bits per heavy atom. The number of thioether (sulfide) groups is 2. The molecule has 1 aliphatic carbocycles. The molecular formula is C20H36N4OS2. The molecule has 1 N–H and O–H groups in total. The van der Waals surface area contributed by atoms with E-state index < -0.39 is 0 Å². The quantitative estimate of drug-likeness (QED) is 0.567. The van der Waals surface area contributed by atoms with Gasteiger partial charge < -0.3 is 15.0 Å². The van der Waals surface area contributed by atoms with Crippen molar-refractivity contribution in [1.29, 1.82) is 0 Å². The lowest BCUT2D eigenvalue weighted by molar-refractivity contribution is -0.0121. The fourth-order valence-electron chi connectivity index (χ4n) is 5.23. The number of rotatable bonds is 3. The largest absolute Gasteiger partial charge is 0.379 e. The predicted molar refractivity (Wildman–Crippen MR) is 118 cm³/mol. The van der Waals surface area contributed by atoms with Gasteiger partial charge in [-0.25, -0.2) is 0 Å². The fourth-order valence-corrected chi connectivity index (χ4v) is 8.28. The van der Waals surface area contributed by atoms with Crippen molar-refractivity contribution >= 4 is 29.5 Å². The van der Waals surface area contributed by atoms with E-state index in [1.54, 1.807) is 0 Å². The highest BCUT2D eigenvalue weighted by molar-refractivity contribution is 8.00. The van der Waals surface area contributed by atoms with Crippen molar-refractivity contribution in [3.63, 3.8) is 0 Å². The van der Waals surface area contributed by atoms with Gasteiger partial charge in [0.15, 0.2) is 5.96 Å². The van der Waals surface area contributed by atoms with Crippen LogP contribution < -0.4 is 5.32 Å². The molecule has 0 aromatic rings. The predicted octanol–water partition coefficient (Wildman–Crippen LogP) is 2.52. The highest BCUT2D eigenvalue weighted by Gasteiger charge is 2.42. The molecule has 7 heteroatoms. The highest BCUT2D eigenvalue weighted by Crippen LogP contribution is 2.42. The highest BCUT2D eigenvalue weighted by atomic mass is 32.2. The minimum atomic E-state index is 0.275. The van der Waals surface area contributed by atoms with Gasteiger partial charge in [-0.3, -0.25) is 9.89 Å². The molecule has 3 heterocycles. The number of hydrogen-bond acceptors (Lipinski definition) is 5. The first-order valence-electron chi connectivity index (χ1n) is 10.8. The summed E-state index contributed by atoms with van der Waals surface area (Å²) in [5.74, 6) is 4.88. The lowest BCUT2D eigenvalue weighted by Gasteiger charge is -2.47. The van der Waals surface area contributed by atoms with Crippen LogP contribution in [0.3, 0.4) is 0 Å². The van der Waals surface area contributed by atoms with Crippen LogP contribution in [-0.4, -0.2) is 96.3 Å². The summed E-state index contributed by atoms with van der Waals surface area (Å²) >= 11 is 4.34. The van der Waals surface area contributed by atoms with Crippen LogP contribution in [0.1, 0.15) is 38.5 Å². The second kappa shape index (κ2) is 9.14. The lowest BCUT2D eigenvalue weighted by atomic mass is 9.87. The van der Waals surface area contributed by atoms with Crippen molar-refractivity contribution in [3.8, 4) is 0 Å². The van der Waals surface area contributed by atoms with E-state index in [1.165, 1.54) is 62.3 Å². The number of guanidine groups is 1. The number of ether oxygens (including phenoxy) is 1. The molecule has 0 amide bonds. The monoisotopic (exact) mass is 412 g/mol. The van der Waals surface area contributed by atoms with Crippen LogP contribution in [0.15, 0.2) is 4.99 Å². The smallest absolute Gasteiger partial charge is 0.193 e. The molecule has 4 rings (SSSR count). The van der Waals surface area contributed by atoms with E-state index in [4.69, 9.17) is 9.73 Å². The molecule has 4 aliphatic rings. The van der Waals surface area contributed by atoms with Gasteiger partial charge in [-0.1, -0.05) is 19.3 Å². The van der Waals surface area contributed by atoms with Crippen LogP contribution in [0.5, 0.6) is 0 Å². The molecule has 1 atom stereocenters. The van der Waals surface area contributed by atoms with E-state index in [1.807, 2.05) is 7.05 Å². The van der Waals surface area contributed by atoms with E-state index in [9.17, 15) is 0 Å². The molecule has 3 aliphatic heterocycles. The Morgan fingerprint density at radius 3 is 2.59 bits per heavy atom. The van der Waals surface area contributed by atoms with Crippen LogP contribution in [-0.2, 0) is 4.74 Å². The minimum absolute atomic E-state index is 0.275. The number of morpholine rings is 1. The molecule has 0 aromatic heterocycles. The first kappa shape index (κ1) is 20.2. The van der Waals surface area contributed by atoms with E-state index in [0.29, 0.717) is 4.75 Å². The maximum atomic E-state index is 5.61. The summed E-state index contributed by atoms with van der Waals surface area (Å²) in [5.41, 5.74) is 0.275. The SMILES string of the molecule is CN=C(NCC1(N2CCOCC2)CCSC1)N1CCSC2(CCCCC2)C1. The molecule has 27 heavy (non-hydrogen) atoms. The minimum Gasteiger partial charge on any atom is -0.379 e. The number of hydrogen-bond donors (Lipinski definition) is 1. The normalized spacial score (nSPS) is 32.8. The molecule has 1 spiro atoms. The van der Waals surface area contributed by atoms with Crippen molar-refractivity contribution in [1.82, 2.24) is 15.1 Å².